The first kappa shape index (κ1) is 33.5. The van der Waals surface area contributed by atoms with Crippen LogP contribution in [0.4, 0.5) is 0 Å². The number of aromatic nitrogens is 2. The van der Waals surface area contributed by atoms with E-state index in [1.807, 2.05) is 58.3 Å². The van der Waals surface area contributed by atoms with Crippen LogP contribution >= 0.6 is 11.3 Å². The number of nitrogens with one attached hydrogen (secondary N) is 1. The fraction of sp³-hybridized carbons (Fsp3) is 0.519. The molecule has 1 aliphatic heterocycles. The van der Waals surface area contributed by atoms with E-state index in [0.717, 1.165) is 24.1 Å². The van der Waals surface area contributed by atoms with Crippen molar-refractivity contribution < 1.29 is 50.6 Å². The molecule has 0 radical (unpaired) electrons. The number of nitrogens with zero attached hydrogens (tertiary/aromatic N) is 3. The molecule has 0 spiro atoms. The second-order valence-electron chi connectivity index (χ2n) is 9.40. The summed E-state index contributed by atoms with van der Waals surface area (Å²) in [7, 11) is 1.00. The van der Waals surface area contributed by atoms with Crippen LogP contribution in [0.5, 0.6) is 0 Å². The first-order valence-electron chi connectivity index (χ1n) is 12.2. The minimum absolute atomic E-state index is 0. The molecule has 1 fully saturated rings. The molecule has 1 saturated heterocycles. The van der Waals surface area contributed by atoms with Gasteiger partial charge in [-0.15, -0.1) is 17.9 Å². The number of hydrogen-bond acceptors (Lipinski definition) is 7. The van der Waals surface area contributed by atoms with Gasteiger partial charge in [0.1, 0.15) is 11.7 Å². The Labute approximate surface area is 248 Å². The minimum Gasteiger partial charge on any atom is -0.674 e. The second kappa shape index (κ2) is 16.4. The van der Waals surface area contributed by atoms with Gasteiger partial charge in [0, 0.05) is 57.4 Å². The molecule has 2 aromatic heterocycles. The van der Waals surface area contributed by atoms with Gasteiger partial charge in [-0.25, -0.2) is 4.98 Å². The van der Waals surface area contributed by atoms with E-state index in [9.17, 15) is 9.90 Å². The third kappa shape index (κ3) is 9.31. The van der Waals surface area contributed by atoms with Crippen molar-refractivity contribution in [2.75, 3.05) is 20.2 Å². The van der Waals surface area contributed by atoms with E-state index in [-0.39, 0.29) is 54.8 Å². The Morgan fingerprint density at radius 3 is 2.30 bits per heavy atom. The smallest absolute Gasteiger partial charge is 0.233 e. The fourth-order valence-corrected chi connectivity index (χ4v) is 4.76. The number of carbonyl (C=O) groups excluding carboxylic acids is 1. The van der Waals surface area contributed by atoms with Crippen molar-refractivity contribution >= 4 is 17.2 Å². The van der Waals surface area contributed by atoms with Gasteiger partial charge in [-0.05, 0) is 30.7 Å². The number of likely N-dealkylation sites (tertiary alicyclic amines) is 1. The van der Waals surface area contributed by atoms with Gasteiger partial charge >= 0.3 is 0 Å². The molecule has 2 unspecified atom stereocenters. The molecular formula is C27H39N4O4SU-. The third-order valence-electron chi connectivity index (χ3n) is 6.02. The van der Waals surface area contributed by atoms with Crippen LogP contribution in [-0.4, -0.2) is 57.5 Å². The average molecular weight is 754 g/mol. The predicted molar refractivity (Wildman–Crippen MR) is 144 cm³/mol. The van der Waals surface area contributed by atoms with Gasteiger partial charge in [0.2, 0.25) is 5.91 Å². The Kier molecular flexibility index (Phi) is 14.9. The number of amides is 1. The molecular weight excluding hydrogens is 714 g/mol. The fourth-order valence-electron chi connectivity index (χ4n) is 3.95. The first-order chi connectivity index (χ1) is 17.2. The van der Waals surface area contributed by atoms with Crippen LogP contribution in [0, 0.1) is 44.0 Å². The number of hydrogen-bond donors (Lipinski definition) is 2. The zero-order valence-corrected chi connectivity index (χ0v) is 27.5. The minimum atomic E-state index is -0.396. The van der Waals surface area contributed by atoms with Crippen molar-refractivity contribution in [3.63, 3.8) is 0 Å². The number of rotatable bonds is 6. The average Bonchev–Trinajstić information content (AvgIpc) is 3.62. The van der Waals surface area contributed by atoms with Crippen LogP contribution in [0.25, 0.3) is 16.2 Å². The maximum absolute atomic E-state index is 12.6. The molecule has 3 N–H and O–H groups in total. The quantitative estimate of drug-likeness (QED) is 0.347. The van der Waals surface area contributed by atoms with E-state index >= 15 is 0 Å². The van der Waals surface area contributed by atoms with Crippen LogP contribution in [0.15, 0.2) is 40.4 Å². The molecule has 202 valence electrons. The monoisotopic (exact) mass is 753 g/mol. The molecule has 1 aliphatic rings. The zero-order chi connectivity index (χ0) is 26.8. The number of aryl methyl sites for hydroxylation is 1. The third-order valence-corrected chi connectivity index (χ3v) is 7.00. The molecule has 0 saturated carbocycles. The van der Waals surface area contributed by atoms with Gasteiger partial charge in [-0.2, -0.15) is 0 Å². The standard InChI is InChI=1S/C15H24N2O3.C11H11N2S.CH4O.U/c1-9(2)12-7-13(20-16-12)14(10(3)4)15(19)17-6-5-11(18)8-17;1-8-11(14-7-13-8)10-4-2-9(6-12)3-5-10;1-2;/h7,9-11,14,18H,5-6,8H2,1-4H3;2-5,7,12H,6H2,1H3;2H,1H3;/q;-1;;. The van der Waals surface area contributed by atoms with Gasteiger partial charge < -0.3 is 25.4 Å². The van der Waals surface area contributed by atoms with Crippen molar-refractivity contribution in [3.8, 4) is 10.4 Å². The molecule has 10 heteroatoms. The van der Waals surface area contributed by atoms with E-state index in [0.29, 0.717) is 31.8 Å². The molecule has 0 bridgehead atoms. The number of β-amino-alcohol motifs (C(OH)–C–C–N with tert-alkyl or cyclic N) is 1. The van der Waals surface area contributed by atoms with Crippen LogP contribution in [0.1, 0.15) is 68.7 Å². The number of benzene rings is 1. The summed E-state index contributed by atoms with van der Waals surface area (Å²) in [4.78, 5) is 19.8. The normalized spacial score (nSPS) is 15.4. The Morgan fingerprint density at radius 2 is 1.86 bits per heavy atom. The van der Waals surface area contributed by atoms with E-state index in [2.05, 4.69) is 22.3 Å². The van der Waals surface area contributed by atoms with Crippen LogP contribution in [0.2, 0.25) is 0 Å². The number of aliphatic hydroxyl groups excluding tert-OH is 2. The summed E-state index contributed by atoms with van der Waals surface area (Å²) in [5.74, 6) is 0.760. The summed E-state index contributed by atoms with van der Waals surface area (Å²) in [6.07, 6.45) is 0.261. The van der Waals surface area contributed by atoms with E-state index in [4.69, 9.17) is 15.4 Å². The molecule has 3 aromatic rings. The Morgan fingerprint density at radius 1 is 1.22 bits per heavy atom. The van der Waals surface area contributed by atoms with Gasteiger partial charge in [0.15, 0.2) is 0 Å². The summed E-state index contributed by atoms with van der Waals surface area (Å²) in [6, 6.07) is 10.0. The molecule has 1 aromatic carbocycles. The maximum Gasteiger partial charge on any atom is 0.233 e. The Hall–Kier alpha value is -1.54. The van der Waals surface area contributed by atoms with Crippen LogP contribution < -0.4 is 0 Å². The van der Waals surface area contributed by atoms with Crippen LogP contribution in [0.3, 0.4) is 0 Å². The van der Waals surface area contributed by atoms with Gasteiger partial charge in [0.05, 0.1) is 27.9 Å². The number of aliphatic hydroxyl groups is 2. The van der Waals surface area contributed by atoms with Crippen molar-refractivity contribution in [1.29, 1.82) is 0 Å². The topological polar surface area (TPSA) is 123 Å². The Balaban J connectivity index is 0.000000354. The van der Waals surface area contributed by atoms with Crippen molar-refractivity contribution in [3.05, 3.63) is 64.3 Å². The summed E-state index contributed by atoms with van der Waals surface area (Å²) in [5.41, 5.74) is 13.3. The summed E-state index contributed by atoms with van der Waals surface area (Å²) in [5, 5.41) is 20.6. The van der Waals surface area contributed by atoms with Crippen molar-refractivity contribution in [2.24, 2.45) is 5.92 Å². The molecule has 2 atom stereocenters. The van der Waals surface area contributed by atoms with Crippen molar-refractivity contribution in [1.82, 2.24) is 15.0 Å². The second-order valence-corrected chi connectivity index (χ2v) is 10.3. The number of thiazole rings is 1. The van der Waals surface area contributed by atoms with E-state index < -0.39 is 6.10 Å². The van der Waals surface area contributed by atoms with E-state index in [1.165, 1.54) is 10.4 Å². The van der Waals surface area contributed by atoms with Gasteiger partial charge in [-0.3, -0.25) is 4.79 Å². The van der Waals surface area contributed by atoms with Gasteiger partial charge in [0.25, 0.3) is 0 Å². The summed E-state index contributed by atoms with van der Waals surface area (Å²) in [6.45, 7) is 11.5. The summed E-state index contributed by atoms with van der Waals surface area (Å²) >= 11 is 1.66. The van der Waals surface area contributed by atoms with Crippen LogP contribution in [-0.2, 0) is 11.3 Å². The van der Waals surface area contributed by atoms with E-state index in [1.54, 1.807) is 16.2 Å². The Bertz CT molecular complexity index is 1070. The molecule has 1 amide bonds. The van der Waals surface area contributed by atoms with Gasteiger partial charge in [-0.1, -0.05) is 62.7 Å². The van der Waals surface area contributed by atoms with Crippen molar-refractivity contribution in [2.45, 2.75) is 65.5 Å². The number of carbonyl (C=O) groups is 1. The molecule has 37 heavy (non-hydrogen) atoms. The summed E-state index contributed by atoms with van der Waals surface area (Å²) < 4.78 is 5.40. The molecule has 3 heterocycles. The predicted octanol–water partition coefficient (Wildman–Crippen LogP) is 5.41. The maximum atomic E-state index is 12.6. The molecule has 8 nitrogen and oxygen atoms in total. The zero-order valence-electron chi connectivity index (χ0n) is 22.6. The first-order valence-corrected chi connectivity index (χ1v) is 13.1. The molecule has 0 aliphatic carbocycles. The molecule has 4 rings (SSSR count). The SMILES string of the molecule is CC(C)c1cc(C(C(=O)N2CCC(O)C2)C(C)C)on1.CO.Cc1ncsc1-c1ccc(C[NH-])cc1.[U]. The largest absolute Gasteiger partial charge is 0.674 e.